The lowest BCUT2D eigenvalue weighted by atomic mass is 10.3. The lowest BCUT2D eigenvalue weighted by molar-refractivity contribution is -0.143. The molecule has 14 heavy (non-hydrogen) atoms. The van der Waals surface area contributed by atoms with Gasteiger partial charge < -0.3 is 15.4 Å². The second-order valence-corrected chi connectivity index (χ2v) is 2.92. The van der Waals surface area contributed by atoms with Gasteiger partial charge in [0.2, 0.25) is 0 Å². The number of ether oxygens (including phenoxy) is 1. The predicted octanol–water partition coefficient (Wildman–Crippen LogP) is 0.730. The Balaban J connectivity index is 3.95. The summed E-state index contributed by atoms with van der Waals surface area (Å²) in [7, 11) is 0. The van der Waals surface area contributed by atoms with Crippen molar-refractivity contribution in [3.8, 4) is 0 Å². The fraction of sp³-hybridized carbons (Fsp3) is 0.778. The largest absolute Gasteiger partial charge is 0.465 e. The highest BCUT2D eigenvalue weighted by atomic mass is 16.5. The van der Waals surface area contributed by atoms with Crippen LogP contribution in [0.1, 0.15) is 26.7 Å². The van der Waals surface area contributed by atoms with Crippen LogP contribution >= 0.6 is 0 Å². The number of primary amides is 1. The maximum Gasteiger partial charge on any atom is 0.325 e. The van der Waals surface area contributed by atoms with E-state index in [1.807, 2.05) is 6.92 Å². The molecule has 0 heterocycles. The Morgan fingerprint density at radius 3 is 2.43 bits per heavy atom. The second kappa shape index (κ2) is 7.17. The van der Waals surface area contributed by atoms with E-state index in [1.165, 1.54) is 4.90 Å². The summed E-state index contributed by atoms with van der Waals surface area (Å²) in [4.78, 5) is 23.2. The van der Waals surface area contributed by atoms with Gasteiger partial charge in [-0.2, -0.15) is 0 Å². The summed E-state index contributed by atoms with van der Waals surface area (Å²) in [5, 5.41) is 0. The first-order chi connectivity index (χ1) is 6.61. The smallest absolute Gasteiger partial charge is 0.325 e. The van der Waals surface area contributed by atoms with E-state index in [1.54, 1.807) is 6.92 Å². The SMILES string of the molecule is CCCCN(CC(=O)OCC)C(N)=O. The Bertz CT molecular complexity index is 194. The van der Waals surface area contributed by atoms with Gasteiger partial charge >= 0.3 is 12.0 Å². The summed E-state index contributed by atoms with van der Waals surface area (Å²) in [5.41, 5.74) is 5.10. The van der Waals surface area contributed by atoms with Crippen LogP contribution in [0.3, 0.4) is 0 Å². The van der Waals surface area contributed by atoms with E-state index in [2.05, 4.69) is 0 Å². The fourth-order valence-electron chi connectivity index (χ4n) is 0.979. The molecule has 0 bridgehead atoms. The van der Waals surface area contributed by atoms with Gasteiger partial charge in [0.1, 0.15) is 6.54 Å². The van der Waals surface area contributed by atoms with Gasteiger partial charge in [-0.1, -0.05) is 13.3 Å². The number of hydrogen-bond acceptors (Lipinski definition) is 3. The van der Waals surface area contributed by atoms with Gasteiger partial charge in [0.05, 0.1) is 6.61 Å². The normalized spacial score (nSPS) is 9.57. The van der Waals surface area contributed by atoms with Gasteiger partial charge in [0.15, 0.2) is 0 Å². The molecule has 0 aromatic carbocycles. The summed E-state index contributed by atoms with van der Waals surface area (Å²) in [6, 6.07) is -0.577. The summed E-state index contributed by atoms with van der Waals surface area (Å²) in [6.07, 6.45) is 1.79. The van der Waals surface area contributed by atoms with Crippen LogP contribution < -0.4 is 5.73 Å². The number of amides is 2. The first kappa shape index (κ1) is 12.7. The van der Waals surface area contributed by atoms with Crippen LogP contribution in [-0.2, 0) is 9.53 Å². The van der Waals surface area contributed by atoms with E-state index in [9.17, 15) is 9.59 Å². The zero-order chi connectivity index (χ0) is 11.0. The maximum absolute atomic E-state index is 11.0. The summed E-state index contributed by atoms with van der Waals surface area (Å²) < 4.78 is 4.71. The Morgan fingerprint density at radius 1 is 1.36 bits per heavy atom. The Hall–Kier alpha value is -1.26. The first-order valence-electron chi connectivity index (χ1n) is 4.81. The van der Waals surface area contributed by atoms with Crippen LogP contribution in [0.2, 0.25) is 0 Å². The Labute approximate surface area is 84.2 Å². The van der Waals surface area contributed by atoms with E-state index < -0.39 is 12.0 Å². The van der Waals surface area contributed by atoms with Gasteiger partial charge in [-0.3, -0.25) is 4.79 Å². The number of hydrogen-bond donors (Lipinski definition) is 1. The lowest BCUT2D eigenvalue weighted by Crippen LogP contribution is -2.40. The minimum atomic E-state index is -0.577. The number of urea groups is 1. The van der Waals surface area contributed by atoms with Gasteiger partial charge in [-0.05, 0) is 13.3 Å². The molecule has 0 atom stereocenters. The molecule has 5 heteroatoms. The number of nitrogens with zero attached hydrogens (tertiary/aromatic N) is 1. The highest BCUT2D eigenvalue weighted by Gasteiger charge is 2.13. The van der Waals surface area contributed by atoms with E-state index in [-0.39, 0.29) is 6.54 Å². The van der Waals surface area contributed by atoms with Gasteiger partial charge in [-0.25, -0.2) is 4.79 Å². The van der Waals surface area contributed by atoms with E-state index in [0.29, 0.717) is 13.2 Å². The number of rotatable bonds is 6. The third-order valence-electron chi connectivity index (χ3n) is 1.72. The Morgan fingerprint density at radius 2 is 2.00 bits per heavy atom. The minimum Gasteiger partial charge on any atom is -0.465 e. The fourth-order valence-corrected chi connectivity index (χ4v) is 0.979. The van der Waals surface area contributed by atoms with Gasteiger partial charge in [0.25, 0.3) is 0 Å². The number of esters is 1. The van der Waals surface area contributed by atoms with Crippen molar-refractivity contribution in [2.24, 2.45) is 5.73 Å². The molecule has 0 aliphatic carbocycles. The van der Waals surface area contributed by atoms with Crippen LogP contribution in [0.5, 0.6) is 0 Å². The van der Waals surface area contributed by atoms with E-state index in [4.69, 9.17) is 10.5 Å². The predicted molar refractivity (Wildman–Crippen MR) is 52.7 cm³/mol. The van der Waals surface area contributed by atoms with Crippen molar-refractivity contribution in [1.82, 2.24) is 4.90 Å². The monoisotopic (exact) mass is 202 g/mol. The van der Waals surface area contributed by atoms with Crippen LogP contribution in [0.15, 0.2) is 0 Å². The number of carbonyl (C=O) groups is 2. The average molecular weight is 202 g/mol. The molecule has 0 aromatic rings. The van der Waals surface area contributed by atoms with Crippen molar-refractivity contribution in [2.75, 3.05) is 19.7 Å². The zero-order valence-corrected chi connectivity index (χ0v) is 8.78. The highest BCUT2D eigenvalue weighted by Crippen LogP contribution is 1.95. The van der Waals surface area contributed by atoms with Crippen LogP contribution in [0, 0.1) is 0 Å². The minimum absolute atomic E-state index is 0.0524. The van der Waals surface area contributed by atoms with Crippen molar-refractivity contribution in [3.63, 3.8) is 0 Å². The van der Waals surface area contributed by atoms with Crippen molar-refractivity contribution >= 4 is 12.0 Å². The molecule has 0 saturated heterocycles. The standard InChI is InChI=1S/C9H18N2O3/c1-3-5-6-11(9(10)13)7-8(12)14-4-2/h3-7H2,1-2H3,(H2,10,13). The molecule has 0 unspecified atom stereocenters. The van der Waals surface area contributed by atoms with Crippen LogP contribution in [0.4, 0.5) is 4.79 Å². The van der Waals surface area contributed by atoms with Gasteiger partial charge in [0, 0.05) is 6.54 Å². The molecule has 2 N–H and O–H groups in total. The first-order valence-corrected chi connectivity index (χ1v) is 4.81. The van der Waals surface area contributed by atoms with E-state index >= 15 is 0 Å². The summed E-state index contributed by atoms with van der Waals surface area (Å²) >= 11 is 0. The van der Waals surface area contributed by atoms with Crippen LogP contribution in [-0.4, -0.2) is 36.6 Å². The highest BCUT2D eigenvalue weighted by molar-refractivity contribution is 5.79. The summed E-state index contributed by atoms with van der Waals surface area (Å²) in [6.45, 7) is 4.50. The zero-order valence-electron chi connectivity index (χ0n) is 8.78. The Kier molecular flexibility index (Phi) is 6.53. The van der Waals surface area contributed by atoms with Crippen molar-refractivity contribution in [3.05, 3.63) is 0 Å². The third kappa shape index (κ3) is 5.40. The van der Waals surface area contributed by atoms with Crippen molar-refractivity contribution < 1.29 is 14.3 Å². The van der Waals surface area contributed by atoms with Gasteiger partial charge in [-0.15, -0.1) is 0 Å². The number of unbranched alkanes of at least 4 members (excludes halogenated alkanes) is 1. The summed E-state index contributed by atoms with van der Waals surface area (Å²) in [5.74, 6) is -0.414. The molecule has 0 aromatic heterocycles. The quantitative estimate of drug-likeness (QED) is 0.645. The second-order valence-electron chi connectivity index (χ2n) is 2.92. The molecule has 0 saturated carbocycles. The molecule has 0 spiro atoms. The topological polar surface area (TPSA) is 72.6 Å². The van der Waals surface area contributed by atoms with E-state index in [0.717, 1.165) is 12.8 Å². The number of carbonyl (C=O) groups excluding carboxylic acids is 2. The molecule has 82 valence electrons. The molecular weight excluding hydrogens is 184 g/mol. The van der Waals surface area contributed by atoms with Crippen molar-refractivity contribution in [2.45, 2.75) is 26.7 Å². The van der Waals surface area contributed by atoms with Crippen LogP contribution in [0.25, 0.3) is 0 Å². The third-order valence-corrected chi connectivity index (χ3v) is 1.72. The lowest BCUT2D eigenvalue weighted by Gasteiger charge is -2.18. The molecule has 0 aliphatic rings. The maximum atomic E-state index is 11.0. The average Bonchev–Trinajstić information content (AvgIpc) is 2.12. The molecule has 5 nitrogen and oxygen atoms in total. The molecule has 0 aliphatic heterocycles. The van der Waals surface area contributed by atoms with Crippen molar-refractivity contribution in [1.29, 1.82) is 0 Å². The molecule has 0 fully saturated rings. The molecule has 0 radical (unpaired) electrons. The molecule has 2 amide bonds. The molecule has 0 rings (SSSR count). The number of nitrogens with two attached hydrogens (primary N) is 1. The molecular formula is C9H18N2O3.